The van der Waals surface area contributed by atoms with Gasteiger partial charge < -0.3 is 4.74 Å². The topological polar surface area (TPSA) is 67.4 Å². The van der Waals surface area contributed by atoms with Gasteiger partial charge in [-0.1, -0.05) is 34.1 Å². The summed E-state index contributed by atoms with van der Waals surface area (Å²) in [6.07, 6.45) is -0.752. The van der Waals surface area contributed by atoms with Gasteiger partial charge in [-0.25, -0.2) is 0 Å². The van der Waals surface area contributed by atoms with Crippen molar-refractivity contribution in [3.8, 4) is 5.75 Å². The number of hydrogen-bond acceptors (Lipinski definition) is 3. The molecule has 0 heterocycles. The van der Waals surface area contributed by atoms with Crippen molar-refractivity contribution >= 4 is 27.7 Å². The van der Waals surface area contributed by atoms with E-state index in [0.29, 0.717) is 11.3 Å². The SMILES string of the molecule is Cc1cccc(C(=O)NNC(=O)C(C)Oc2cccc(Br)c2)c1C. The molecule has 0 aromatic heterocycles. The zero-order valence-corrected chi connectivity index (χ0v) is 15.3. The van der Waals surface area contributed by atoms with E-state index in [1.807, 2.05) is 32.0 Å². The van der Waals surface area contributed by atoms with Gasteiger partial charge in [0, 0.05) is 10.0 Å². The van der Waals surface area contributed by atoms with E-state index in [9.17, 15) is 9.59 Å². The Kier molecular flexibility index (Phi) is 5.98. The first-order chi connectivity index (χ1) is 11.4. The number of amides is 2. The second kappa shape index (κ2) is 7.97. The summed E-state index contributed by atoms with van der Waals surface area (Å²) in [5.74, 6) is -0.235. The summed E-state index contributed by atoms with van der Waals surface area (Å²) in [4.78, 5) is 24.2. The third-order valence-electron chi connectivity index (χ3n) is 3.63. The molecule has 0 radical (unpaired) electrons. The van der Waals surface area contributed by atoms with Crippen molar-refractivity contribution in [1.29, 1.82) is 0 Å². The number of ether oxygens (including phenoxy) is 1. The Hall–Kier alpha value is -2.34. The van der Waals surface area contributed by atoms with E-state index in [4.69, 9.17) is 4.74 Å². The number of carbonyl (C=O) groups is 2. The van der Waals surface area contributed by atoms with Crippen molar-refractivity contribution in [1.82, 2.24) is 10.9 Å². The minimum absolute atomic E-state index is 0.362. The maximum atomic E-state index is 12.2. The number of hydrazine groups is 1. The standard InChI is InChI=1S/C18H19BrN2O3/c1-11-6-4-9-16(12(11)2)18(23)21-20-17(22)13(3)24-15-8-5-7-14(19)10-15/h4-10,13H,1-3H3,(H,20,22)(H,21,23). The van der Waals surface area contributed by atoms with Gasteiger partial charge in [0.05, 0.1) is 0 Å². The molecule has 5 nitrogen and oxygen atoms in total. The Morgan fingerprint density at radius 1 is 1.08 bits per heavy atom. The molecule has 0 bridgehead atoms. The van der Waals surface area contributed by atoms with Crippen LogP contribution in [0.15, 0.2) is 46.9 Å². The van der Waals surface area contributed by atoms with Crippen molar-refractivity contribution in [2.45, 2.75) is 26.9 Å². The minimum atomic E-state index is -0.752. The summed E-state index contributed by atoms with van der Waals surface area (Å²) in [7, 11) is 0. The summed E-state index contributed by atoms with van der Waals surface area (Å²) in [6, 6.07) is 12.6. The van der Waals surface area contributed by atoms with Gasteiger partial charge in [0.1, 0.15) is 5.75 Å². The van der Waals surface area contributed by atoms with Crippen molar-refractivity contribution in [3.63, 3.8) is 0 Å². The largest absolute Gasteiger partial charge is 0.481 e. The average molecular weight is 391 g/mol. The van der Waals surface area contributed by atoms with Crippen LogP contribution < -0.4 is 15.6 Å². The fourth-order valence-electron chi connectivity index (χ4n) is 2.08. The third-order valence-corrected chi connectivity index (χ3v) is 4.12. The highest BCUT2D eigenvalue weighted by molar-refractivity contribution is 9.10. The summed E-state index contributed by atoms with van der Waals surface area (Å²) in [5, 5.41) is 0. The zero-order valence-electron chi connectivity index (χ0n) is 13.7. The van der Waals surface area contributed by atoms with E-state index >= 15 is 0 Å². The molecular weight excluding hydrogens is 372 g/mol. The van der Waals surface area contributed by atoms with E-state index in [-0.39, 0.29) is 5.91 Å². The lowest BCUT2D eigenvalue weighted by atomic mass is 10.0. The Balaban J connectivity index is 1.92. The van der Waals surface area contributed by atoms with Crippen molar-refractivity contribution in [2.24, 2.45) is 0 Å². The molecule has 0 aliphatic rings. The Morgan fingerprint density at radius 2 is 1.79 bits per heavy atom. The minimum Gasteiger partial charge on any atom is -0.481 e. The van der Waals surface area contributed by atoms with Crippen LogP contribution in [0.5, 0.6) is 5.75 Å². The molecular formula is C18H19BrN2O3. The number of aryl methyl sites for hydroxylation is 1. The van der Waals surface area contributed by atoms with Crippen molar-refractivity contribution in [2.75, 3.05) is 0 Å². The lowest BCUT2D eigenvalue weighted by Crippen LogP contribution is -2.47. The number of hydrogen-bond donors (Lipinski definition) is 2. The summed E-state index contributed by atoms with van der Waals surface area (Å²) in [6.45, 7) is 5.41. The molecule has 0 saturated heterocycles. The van der Waals surface area contributed by atoms with Gasteiger partial charge in [-0.15, -0.1) is 0 Å². The van der Waals surface area contributed by atoms with Gasteiger partial charge in [0.2, 0.25) is 0 Å². The number of carbonyl (C=O) groups excluding carboxylic acids is 2. The normalized spacial score (nSPS) is 11.5. The molecule has 126 valence electrons. The smallest absolute Gasteiger partial charge is 0.279 e. The molecule has 24 heavy (non-hydrogen) atoms. The highest BCUT2D eigenvalue weighted by Gasteiger charge is 2.17. The Labute approximate surface area is 149 Å². The predicted molar refractivity (Wildman–Crippen MR) is 95.8 cm³/mol. The zero-order chi connectivity index (χ0) is 17.7. The van der Waals surface area contributed by atoms with Crippen LogP contribution in [0, 0.1) is 13.8 Å². The average Bonchev–Trinajstić information content (AvgIpc) is 2.54. The first-order valence-corrected chi connectivity index (χ1v) is 8.26. The molecule has 1 atom stereocenters. The second-order valence-corrected chi connectivity index (χ2v) is 6.32. The Morgan fingerprint density at radius 3 is 2.50 bits per heavy atom. The molecule has 0 spiro atoms. The fourth-order valence-corrected chi connectivity index (χ4v) is 2.46. The lowest BCUT2D eigenvalue weighted by molar-refractivity contribution is -0.128. The highest BCUT2D eigenvalue weighted by Crippen LogP contribution is 2.18. The number of nitrogens with one attached hydrogen (secondary N) is 2. The second-order valence-electron chi connectivity index (χ2n) is 5.41. The molecule has 0 saturated carbocycles. The van der Waals surface area contributed by atoms with Gasteiger partial charge in [-0.2, -0.15) is 0 Å². The van der Waals surface area contributed by atoms with Crippen LogP contribution in [0.25, 0.3) is 0 Å². The monoisotopic (exact) mass is 390 g/mol. The maximum Gasteiger partial charge on any atom is 0.279 e. The highest BCUT2D eigenvalue weighted by atomic mass is 79.9. The molecule has 2 amide bonds. The van der Waals surface area contributed by atoms with Crippen LogP contribution in [-0.2, 0) is 4.79 Å². The van der Waals surface area contributed by atoms with Crippen LogP contribution >= 0.6 is 15.9 Å². The van der Waals surface area contributed by atoms with E-state index in [1.54, 1.807) is 31.2 Å². The van der Waals surface area contributed by atoms with Crippen molar-refractivity contribution < 1.29 is 14.3 Å². The lowest BCUT2D eigenvalue weighted by Gasteiger charge is -2.16. The van der Waals surface area contributed by atoms with Gasteiger partial charge >= 0.3 is 0 Å². The molecule has 1 unspecified atom stereocenters. The Bertz CT molecular complexity index is 762. The quantitative estimate of drug-likeness (QED) is 0.786. The first-order valence-electron chi connectivity index (χ1n) is 7.47. The van der Waals surface area contributed by atoms with Gasteiger partial charge in [0.25, 0.3) is 11.8 Å². The molecule has 0 aliphatic carbocycles. The summed E-state index contributed by atoms with van der Waals surface area (Å²) in [5.41, 5.74) is 7.22. The molecule has 2 aromatic carbocycles. The van der Waals surface area contributed by atoms with E-state index < -0.39 is 12.0 Å². The third kappa shape index (κ3) is 4.58. The van der Waals surface area contributed by atoms with Gasteiger partial charge in [0.15, 0.2) is 6.10 Å². The van der Waals surface area contributed by atoms with Crippen LogP contribution in [0.1, 0.15) is 28.4 Å². The predicted octanol–water partition coefficient (Wildman–Crippen LogP) is 3.29. The van der Waals surface area contributed by atoms with E-state index in [0.717, 1.165) is 15.6 Å². The molecule has 6 heteroatoms. The molecule has 2 rings (SSSR count). The van der Waals surface area contributed by atoms with Crippen LogP contribution in [-0.4, -0.2) is 17.9 Å². The number of rotatable bonds is 4. The van der Waals surface area contributed by atoms with Gasteiger partial charge in [-0.3, -0.25) is 20.4 Å². The van der Waals surface area contributed by atoms with Gasteiger partial charge in [-0.05, 0) is 56.2 Å². The molecule has 2 aromatic rings. The molecule has 2 N–H and O–H groups in total. The fraction of sp³-hybridized carbons (Fsp3) is 0.222. The maximum absolute atomic E-state index is 12.2. The number of benzene rings is 2. The van der Waals surface area contributed by atoms with E-state index in [1.165, 1.54) is 0 Å². The first kappa shape index (κ1) is 18.0. The van der Waals surface area contributed by atoms with Crippen LogP contribution in [0.4, 0.5) is 0 Å². The molecule has 0 aliphatic heterocycles. The summed E-state index contributed by atoms with van der Waals surface area (Å²) < 4.78 is 6.40. The summed E-state index contributed by atoms with van der Waals surface area (Å²) >= 11 is 3.34. The number of halogens is 1. The molecule has 0 fully saturated rings. The van der Waals surface area contributed by atoms with Crippen LogP contribution in [0.3, 0.4) is 0 Å². The van der Waals surface area contributed by atoms with Crippen LogP contribution in [0.2, 0.25) is 0 Å². The van der Waals surface area contributed by atoms with Crippen molar-refractivity contribution in [3.05, 3.63) is 63.6 Å². The van der Waals surface area contributed by atoms with E-state index in [2.05, 4.69) is 26.8 Å².